The van der Waals surface area contributed by atoms with Crippen molar-refractivity contribution < 1.29 is 16.8 Å². The van der Waals surface area contributed by atoms with E-state index in [0.29, 0.717) is 50.4 Å². The maximum Gasteiger partial charge on any atom is 0.243 e. The first-order valence-electron chi connectivity index (χ1n) is 10.1. The first-order chi connectivity index (χ1) is 14.3. The van der Waals surface area contributed by atoms with Gasteiger partial charge in [-0.15, -0.1) is 0 Å². The summed E-state index contributed by atoms with van der Waals surface area (Å²) in [6.07, 6.45) is 3.13. The number of hydrogen-bond donors (Lipinski definition) is 0. The fourth-order valence-corrected chi connectivity index (χ4v) is 7.24. The van der Waals surface area contributed by atoms with Crippen molar-refractivity contribution in [3.05, 3.63) is 48.2 Å². The Bertz CT molecular complexity index is 1110. The van der Waals surface area contributed by atoms with Gasteiger partial charge in [0.15, 0.2) is 0 Å². The normalized spacial score (nSPS) is 20.3. The van der Waals surface area contributed by atoms with Crippen molar-refractivity contribution in [2.75, 3.05) is 47.7 Å². The Labute approximate surface area is 178 Å². The van der Waals surface area contributed by atoms with Crippen LogP contribution >= 0.6 is 0 Å². The third kappa shape index (κ3) is 4.03. The summed E-state index contributed by atoms with van der Waals surface area (Å²) in [5.41, 5.74) is 1.03. The Morgan fingerprint density at radius 2 is 1.73 bits per heavy atom. The number of anilines is 2. The molecule has 8 nitrogen and oxygen atoms in total. The molecule has 162 valence electrons. The van der Waals surface area contributed by atoms with E-state index < -0.39 is 20.0 Å². The van der Waals surface area contributed by atoms with E-state index in [1.165, 1.54) is 14.7 Å². The molecule has 2 aromatic rings. The molecule has 0 atom stereocenters. The van der Waals surface area contributed by atoms with Gasteiger partial charge in [-0.1, -0.05) is 12.1 Å². The van der Waals surface area contributed by atoms with Gasteiger partial charge in [-0.2, -0.15) is 4.31 Å². The molecule has 0 aliphatic carbocycles. The molecule has 0 amide bonds. The number of piperazine rings is 1. The van der Waals surface area contributed by atoms with E-state index in [4.69, 9.17) is 0 Å². The van der Waals surface area contributed by atoms with Crippen LogP contribution in [0.2, 0.25) is 0 Å². The minimum absolute atomic E-state index is 0.0957. The maximum atomic E-state index is 13.4. The highest BCUT2D eigenvalue weighted by Gasteiger charge is 2.32. The van der Waals surface area contributed by atoms with Gasteiger partial charge in [0.05, 0.1) is 16.3 Å². The van der Waals surface area contributed by atoms with Crippen molar-refractivity contribution in [3.63, 3.8) is 0 Å². The number of rotatable bonds is 4. The molecule has 0 unspecified atom stereocenters. The van der Waals surface area contributed by atoms with E-state index in [0.717, 1.165) is 12.2 Å². The van der Waals surface area contributed by atoms with Gasteiger partial charge in [0.1, 0.15) is 5.82 Å². The summed E-state index contributed by atoms with van der Waals surface area (Å²) < 4.78 is 54.5. The standard InChI is InChI=1S/C20H26N4O4S2/c1-17-7-8-18(24-10-4-5-15-29(24,25)26)16-19(17)30(27,28)23-13-11-22(12-14-23)20-6-2-3-9-21-20/h2-3,6-9,16H,4-5,10-15H2,1H3. The average molecular weight is 451 g/mol. The third-order valence-electron chi connectivity index (χ3n) is 5.64. The molecule has 10 heteroatoms. The van der Waals surface area contributed by atoms with Crippen molar-refractivity contribution in [1.29, 1.82) is 0 Å². The van der Waals surface area contributed by atoms with E-state index >= 15 is 0 Å². The van der Waals surface area contributed by atoms with E-state index in [9.17, 15) is 16.8 Å². The van der Waals surface area contributed by atoms with Crippen LogP contribution in [0.1, 0.15) is 18.4 Å². The lowest BCUT2D eigenvalue weighted by molar-refractivity contribution is 0.383. The minimum Gasteiger partial charge on any atom is -0.354 e. The van der Waals surface area contributed by atoms with Gasteiger partial charge in [0.25, 0.3) is 0 Å². The van der Waals surface area contributed by atoms with E-state index in [1.807, 2.05) is 18.2 Å². The van der Waals surface area contributed by atoms with Gasteiger partial charge >= 0.3 is 0 Å². The summed E-state index contributed by atoms with van der Waals surface area (Å²) in [5.74, 6) is 0.932. The quantitative estimate of drug-likeness (QED) is 0.706. The van der Waals surface area contributed by atoms with Crippen molar-refractivity contribution >= 4 is 31.6 Å². The number of nitrogens with zero attached hydrogens (tertiary/aromatic N) is 4. The first-order valence-corrected chi connectivity index (χ1v) is 13.1. The molecule has 1 aromatic carbocycles. The SMILES string of the molecule is Cc1ccc(N2CCCCS2(=O)=O)cc1S(=O)(=O)N1CCN(c2ccccn2)CC1. The predicted molar refractivity (Wildman–Crippen MR) is 117 cm³/mol. The number of aromatic nitrogens is 1. The molecule has 0 bridgehead atoms. The summed E-state index contributed by atoms with van der Waals surface area (Å²) in [6, 6.07) is 10.6. The van der Waals surface area contributed by atoms with Crippen molar-refractivity contribution in [2.24, 2.45) is 0 Å². The second kappa shape index (κ2) is 8.16. The Morgan fingerprint density at radius 1 is 0.967 bits per heavy atom. The third-order valence-corrected chi connectivity index (χ3v) is 9.55. The van der Waals surface area contributed by atoms with Crippen LogP contribution in [0, 0.1) is 6.92 Å². The fourth-order valence-electron chi connectivity index (χ4n) is 3.94. The molecule has 30 heavy (non-hydrogen) atoms. The molecule has 3 heterocycles. The molecular formula is C20H26N4O4S2. The number of sulfonamides is 2. The minimum atomic E-state index is -3.73. The molecular weight excluding hydrogens is 424 g/mol. The van der Waals surface area contributed by atoms with Crippen LogP contribution in [0.3, 0.4) is 0 Å². The lowest BCUT2D eigenvalue weighted by Crippen LogP contribution is -2.49. The van der Waals surface area contributed by atoms with E-state index in [1.54, 1.807) is 25.3 Å². The second-order valence-corrected chi connectivity index (χ2v) is 11.5. The van der Waals surface area contributed by atoms with Crippen molar-refractivity contribution in [3.8, 4) is 0 Å². The number of pyridine rings is 1. The summed E-state index contributed by atoms with van der Waals surface area (Å²) in [7, 11) is -7.14. The largest absolute Gasteiger partial charge is 0.354 e. The van der Waals surface area contributed by atoms with Crippen LogP contribution in [-0.2, 0) is 20.0 Å². The predicted octanol–water partition coefficient (Wildman–Crippen LogP) is 1.83. The smallest absolute Gasteiger partial charge is 0.243 e. The van der Waals surface area contributed by atoms with Crippen LogP contribution in [0.25, 0.3) is 0 Å². The zero-order chi connectivity index (χ0) is 21.4. The van der Waals surface area contributed by atoms with E-state index in [2.05, 4.69) is 9.88 Å². The molecule has 1 aromatic heterocycles. The molecule has 2 saturated heterocycles. The number of benzene rings is 1. The van der Waals surface area contributed by atoms with Crippen LogP contribution in [0.4, 0.5) is 11.5 Å². The van der Waals surface area contributed by atoms with Gasteiger partial charge in [-0.3, -0.25) is 4.31 Å². The van der Waals surface area contributed by atoms with Gasteiger partial charge in [0.2, 0.25) is 20.0 Å². The highest BCUT2D eigenvalue weighted by Crippen LogP contribution is 2.30. The molecule has 2 aliphatic rings. The van der Waals surface area contributed by atoms with Crippen LogP contribution in [0.15, 0.2) is 47.5 Å². The number of hydrogen-bond acceptors (Lipinski definition) is 6. The second-order valence-electron chi connectivity index (χ2n) is 7.62. The Balaban J connectivity index is 1.57. The van der Waals surface area contributed by atoms with Crippen molar-refractivity contribution in [1.82, 2.24) is 9.29 Å². The lowest BCUT2D eigenvalue weighted by Gasteiger charge is -2.35. The highest BCUT2D eigenvalue weighted by molar-refractivity contribution is 7.92. The summed E-state index contributed by atoms with van der Waals surface area (Å²) in [6.45, 7) is 3.93. The van der Waals surface area contributed by atoms with Crippen LogP contribution in [-0.4, -0.2) is 64.6 Å². The maximum absolute atomic E-state index is 13.4. The molecule has 0 spiro atoms. The summed E-state index contributed by atoms with van der Waals surface area (Å²) >= 11 is 0. The highest BCUT2D eigenvalue weighted by atomic mass is 32.2. The summed E-state index contributed by atoms with van der Waals surface area (Å²) in [5, 5.41) is 0. The lowest BCUT2D eigenvalue weighted by atomic mass is 10.2. The van der Waals surface area contributed by atoms with Crippen LogP contribution in [0.5, 0.6) is 0 Å². The number of aryl methyl sites for hydroxylation is 1. The van der Waals surface area contributed by atoms with Gasteiger partial charge in [-0.25, -0.2) is 21.8 Å². The van der Waals surface area contributed by atoms with Gasteiger partial charge < -0.3 is 4.90 Å². The topological polar surface area (TPSA) is 90.9 Å². The molecule has 0 N–H and O–H groups in total. The van der Waals surface area contributed by atoms with Crippen molar-refractivity contribution in [2.45, 2.75) is 24.7 Å². The zero-order valence-electron chi connectivity index (χ0n) is 16.9. The Kier molecular flexibility index (Phi) is 5.73. The Hall–Kier alpha value is -2.17. The molecule has 0 saturated carbocycles. The fraction of sp³-hybridized carbons (Fsp3) is 0.450. The average Bonchev–Trinajstić information content (AvgIpc) is 2.75. The Morgan fingerprint density at radius 3 is 2.40 bits per heavy atom. The van der Waals surface area contributed by atoms with Crippen LogP contribution < -0.4 is 9.21 Å². The molecule has 2 fully saturated rings. The van der Waals surface area contributed by atoms with Gasteiger partial charge in [-0.05, 0) is 49.6 Å². The first kappa shape index (κ1) is 21.1. The zero-order valence-corrected chi connectivity index (χ0v) is 18.6. The van der Waals surface area contributed by atoms with Gasteiger partial charge in [0, 0.05) is 38.9 Å². The molecule has 4 rings (SSSR count). The molecule has 0 radical (unpaired) electrons. The van der Waals surface area contributed by atoms with E-state index in [-0.39, 0.29) is 10.6 Å². The monoisotopic (exact) mass is 450 g/mol. The summed E-state index contributed by atoms with van der Waals surface area (Å²) in [4.78, 5) is 6.57. The molecule has 2 aliphatic heterocycles.